The second-order valence-electron chi connectivity index (χ2n) is 7.28. The lowest BCUT2D eigenvalue weighted by Gasteiger charge is -2.34. The third kappa shape index (κ3) is 9.28. The quantitative estimate of drug-likeness (QED) is 0.797. The van der Waals surface area contributed by atoms with E-state index in [4.69, 9.17) is 10.5 Å². The lowest BCUT2D eigenvalue weighted by Crippen LogP contribution is -2.36. The summed E-state index contributed by atoms with van der Waals surface area (Å²) in [5.41, 5.74) is 4.88. The molecule has 0 aromatic rings. The fourth-order valence-corrected chi connectivity index (χ4v) is 2.59. The summed E-state index contributed by atoms with van der Waals surface area (Å²) in [6.07, 6.45) is 1.22. The van der Waals surface area contributed by atoms with Crippen LogP contribution >= 0.6 is 0 Å². The molecule has 0 heterocycles. The maximum absolute atomic E-state index is 10.9. The Balaban J connectivity index is 4.62. The molecule has 0 spiro atoms. The summed E-state index contributed by atoms with van der Waals surface area (Å²) in [6, 6.07) is 0. The lowest BCUT2D eigenvalue weighted by atomic mass is 9.80. The van der Waals surface area contributed by atoms with Gasteiger partial charge >= 0.3 is 6.09 Å². The summed E-state index contributed by atoms with van der Waals surface area (Å²) >= 11 is 0. The van der Waals surface area contributed by atoms with E-state index in [9.17, 15) is 4.79 Å². The van der Waals surface area contributed by atoms with Crippen molar-refractivity contribution in [1.29, 1.82) is 0 Å². The van der Waals surface area contributed by atoms with Crippen LogP contribution in [-0.2, 0) is 4.74 Å². The highest BCUT2D eigenvalue weighted by Gasteiger charge is 2.29. The largest absolute Gasteiger partial charge is 0.444 e. The van der Waals surface area contributed by atoms with E-state index in [1.165, 1.54) is 0 Å². The second kappa shape index (κ2) is 6.41. The number of amides is 1. The minimum absolute atomic E-state index is 0.267. The molecule has 0 fully saturated rings. The van der Waals surface area contributed by atoms with Gasteiger partial charge in [0.1, 0.15) is 5.60 Å². The highest BCUT2D eigenvalue weighted by molar-refractivity contribution is 5.65. The molecule has 4 heteroatoms. The van der Waals surface area contributed by atoms with E-state index in [-0.39, 0.29) is 5.41 Å². The van der Waals surface area contributed by atoms with E-state index in [1.54, 1.807) is 0 Å². The topological polar surface area (TPSA) is 55.6 Å². The molecule has 4 nitrogen and oxygen atoms in total. The van der Waals surface area contributed by atoms with Gasteiger partial charge in [-0.25, -0.2) is 4.79 Å². The van der Waals surface area contributed by atoms with Crippen molar-refractivity contribution in [2.45, 2.75) is 53.1 Å². The molecule has 1 atom stereocenters. The maximum Gasteiger partial charge on any atom is 0.405 e. The average Bonchev–Trinajstić information content (AvgIpc) is 1.92. The van der Waals surface area contributed by atoms with Gasteiger partial charge in [-0.2, -0.15) is 0 Å². The Morgan fingerprint density at radius 1 is 1.17 bits per heavy atom. The van der Waals surface area contributed by atoms with Crippen LogP contribution < -0.4 is 5.73 Å². The SMILES string of the molecule is CN(C)CC(CC(C)(C)C)CC(C)(C)OC(N)=O. The fourth-order valence-electron chi connectivity index (χ4n) is 2.59. The zero-order valence-electron chi connectivity index (χ0n) is 13.0. The number of carbonyl (C=O) groups is 1. The Bertz CT molecular complexity index is 267. The summed E-state index contributed by atoms with van der Waals surface area (Å²) in [6.45, 7) is 11.5. The molecule has 0 bridgehead atoms. The predicted molar refractivity (Wildman–Crippen MR) is 75.5 cm³/mol. The van der Waals surface area contributed by atoms with Crippen LogP contribution in [0.2, 0.25) is 0 Å². The van der Waals surface area contributed by atoms with Crippen molar-refractivity contribution in [3.63, 3.8) is 0 Å². The molecule has 108 valence electrons. The van der Waals surface area contributed by atoms with Gasteiger partial charge in [0.05, 0.1) is 0 Å². The van der Waals surface area contributed by atoms with Crippen molar-refractivity contribution in [3.8, 4) is 0 Å². The lowest BCUT2D eigenvalue weighted by molar-refractivity contribution is 0.0181. The fraction of sp³-hybridized carbons (Fsp3) is 0.929. The molecule has 18 heavy (non-hydrogen) atoms. The van der Waals surface area contributed by atoms with Gasteiger partial charge < -0.3 is 15.4 Å². The second-order valence-corrected chi connectivity index (χ2v) is 7.28. The number of carbonyl (C=O) groups excluding carboxylic acids is 1. The van der Waals surface area contributed by atoms with Crippen LogP contribution in [0.3, 0.4) is 0 Å². The molecular weight excluding hydrogens is 228 g/mol. The predicted octanol–water partition coefficient (Wildman–Crippen LogP) is 2.86. The van der Waals surface area contributed by atoms with Crippen LogP contribution in [0.25, 0.3) is 0 Å². The van der Waals surface area contributed by atoms with Crippen LogP contribution in [0.5, 0.6) is 0 Å². The van der Waals surface area contributed by atoms with E-state index in [0.29, 0.717) is 5.92 Å². The number of nitrogens with two attached hydrogens (primary N) is 1. The van der Waals surface area contributed by atoms with E-state index in [1.807, 2.05) is 13.8 Å². The van der Waals surface area contributed by atoms with Gasteiger partial charge in [0, 0.05) is 6.54 Å². The van der Waals surface area contributed by atoms with Crippen LogP contribution in [0.1, 0.15) is 47.5 Å². The van der Waals surface area contributed by atoms with Gasteiger partial charge in [-0.1, -0.05) is 20.8 Å². The molecule has 0 rings (SSSR count). The Hall–Kier alpha value is -0.770. The highest BCUT2D eigenvalue weighted by atomic mass is 16.6. The summed E-state index contributed by atoms with van der Waals surface area (Å²) < 4.78 is 5.18. The van der Waals surface area contributed by atoms with E-state index >= 15 is 0 Å². The van der Waals surface area contributed by atoms with Crippen molar-refractivity contribution in [2.75, 3.05) is 20.6 Å². The monoisotopic (exact) mass is 258 g/mol. The average molecular weight is 258 g/mol. The van der Waals surface area contributed by atoms with E-state index in [0.717, 1.165) is 19.4 Å². The first-order chi connectivity index (χ1) is 7.91. The van der Waals surface area contributed by atoms with Crippen LogP contribution in [0.15, 0.2) is 0 Å². The first kappa shape index (κ1) is 17.2. The molecule has 0 aromatic heterocycles. The van der Waals surface area contributed by atoms with Crippen molar-refractivity contribution in [3.05, 3.63) is 0 Å². The Morgan fingerprint density at radius 3 is 2.00 bits per heavy atom. The Kier molecular flexibility index (Phi) is 6.14. The molecule has 0 aliphatic heterocycles. The number of hydrogen-bond acceptors (Lipinski definition) is 3. The van der Waals surface area contributed by atoms with Gasteiger partial charge in [0.25, 0.3) is 0 Å². The van der Waals surface area contributed by atoms with Crippen LogP contribution in [0, 0.1) is 11.3 Å². The zero-order valence-corrected chi connectivity index (χ0v) is 13.0. The number of hydrogen-bond donors (Lipinski definition) is 1. The normalized spacial score (nSPS) is 14.7. The molecule has 0 radical (unpaired) electrons. The molecule has 0 aliphatic carbocycles. The van der Waals surface area contributed by atoms with Gasteiger partial charge in [0.2, 0.25) is 0 Å². The Labute approximate surface area is 112 Å². The minimum atomic E-state index is -0.695. The van der Waals surface area contributed by atoms with Crippen LogP contribution in [-0.4, -0.2) is 37.2 Å². The number of nitrogens with zero attached hydrogens (tertiary/aromatic N) is 1. The van der Waals surface area contributed by atoms with Gasteiger partial charge in [-0.15, -0.1) is 0 Å². The summed E-state index contributed by atoms with van der Waals surface area (Å²) in [5.74, 6) is 0.481. The van der Waals surface area contributed by atoms with Gasteiger partial charge in [0.15, 0.2) is 0 Å². The smallest absolute Gasteiger partial charge is 0.405 e. The summed E-state index contributed by atoms with van der Waals surface area (Å²) in [4.78, 5) is 13.1. The minimum Gasteiger partial charge on any atom is -0.444 e. The van der Waals surface area contributed by atoms with Gasteiger partial charge in [-0.3, -0.25) is 0 Å². The molecule has 0 aromatic carbocycles. The molecule has 1 amide bonds. The molecule has 2 N–H and O–H groups in total. The first-order valence-corrected chi connectivity index (χ1v) is 6.54. The van der Waals surface area contributed by atoms with E-state index < -0.39 is 11.7 Å². The summed E-state index contributed by atoms with van der Waals surface area (Å²) in [7, 11) is 4.13. The number of rotatable bonds is 6. The molecule has 0 aliphatic rings. The van der Waals surface area contributed by atoms with Crippen molar-refractivity contribution in [1.82, 2.24) is 4.90 Å². The molecule has 0 saturated carbocycles. The third-order valence-electron chi connectivity index (χ3n) is 2.68. The van der Waals surface area contributed by atoms with Gasteiger partial charge in [-0.05, 0) is 52.1 Å². The zero-order chi connectivity index (χ0) is 14.6. The maximum atomic E-state index is 10.9. The molecule has 1 unspecified atom stereocenters. The number of primary amides is 1. The number of ether oxygens (including phenoxy) is 1. The van der Waals surface area contributed by atoms with E-state index in [2.05, 4.69) is 39.8 Å². The van der Waals surface area contributed by atoms with Crippen molar-refractivity contribution >= 4 is 6.09 Å². The molecular formula is C14H30N2O2. The highest BCUT2D eigenvalue weighted by Crippen LogP contribution is 2.31. The summed E-state index contributed by atoms with van der Waals surface area (Å²) in [5, 5.41) is 0. The Morgan fingerprint density at radius 2 is 1.67 bits per heavy atom. The third-order valence-corrected chi connectivity index (χ3v) is 2.68. The standard InChI is InChI=1S/C14H30N2O2/c1-13(2,3)8-11(10-16(6)7)9-14(4,5)18-12(15)17/h11H,8-10H2,1-7H3,(H2,15,17). The van der Waals surface area contributed by atoms with Crippen LogP contribution in [0.4, 0.5) is 4.79 Å². The van der Waals surface area contributed by atoms with Crippen molar-refractivity contribution in [2.24, 2.45) is 17.1 Å². The first-order valence-electron chi connectivity index (χ1n) is 6.54. The molecule has 0 saturated heterocycles. The van der Waals surface area contributed by atoms with Crippen molar-refractivity contribution < 1.29 is 9.53 Å².